The van der Waals surface area contributed by atoms with Gasteiger partial charge < -0.3 is 14.8 Å². The van der Waals surface area contributed by atoms with Crippen molar-refractivity contribution in [3.63, 3.8) is 0 Å². The van der Waals surface area contributed by atoms with Gasteiger partial charge in [0.05, 0.1) is 23.7 Å². The molecular formula is C12H14N2O2. The van der Waals surface area contributed by atoms with Crippen LogP contribution in [0.3, 0.4) is 0 Å². The number of aromatic nitrogens is 2. The monoisotopic (exact) mass is 218 g/mol. The fourth-order valence-electron chi connectivity index (χ4n) is 2.17. The molecule has 4 nitrogen and oxygen atoms in total. The third-order valence-electron chi connectivity index (χ3n) is 3.02. The van der Waals surface area contributed by atoms with E-state index in [-0.39, 0.29) is 18.8 Å². The van der Waals surface area contributed by atoms with Crippen LogP contribution < -0.4 is 0 Å². The van der Waals surface area contributed by atoms with Gasteiger partial charge in [0.15, 0.2) is 0 Å². The second-order valence-electron chi connectivity index (χ2n) is 4.15. The number of aliphatic hydroxyl groups is 1. The zero-order valence-corrected chi connectivity index (χ0v) is 8.89. The number of para-hydroxylation sites is 2. The van der Waals surface area contributed by atoms with Gasteiger partial charge in [-0.05, 0) is 25.0 Å². The molecule has 1 aromatic carbocycles. The van der Waals surface area contributed by atoms with Crippen LogP contribution in [0.1, 0.15) is 24.8 Å². The molecule has 2 aromatic rings. The molecule has 1 aliphatic rings. The van der Waals surface area contributed by atoms with E-state index in [1.807, 2.05) is 24.3 Å². The molecule has 1 saturated heterocycles. The van der Waals surface area contributed by atoms with Crippen LogP contribution in [0.4, 0.5) is 0 Å². The summed E-state index contributed by atoms with van der Waals surface area (Å²) >= 11 is 0. The second kappa shape index (κ2) is 3.88. The number of nitrogens with one attached hydrogen (secondary N) is 1. The fourth-order valence-corrected chi connectivity index (χ4v) is 2.17. The number of imidazole rings is 1. The molecule has 1 aromatic heterocycles. The van der Waals surface area contributed by atoms with Gasteiger partial charge in [-0.25, -0.2) is 4.98 Å². The highest BCUT2D eigenvalue weighted by molar-refractivity contribution is 5.74. The Morgan fingerprint density at radius 1 is 1.38 bits per heavy atom. The Labute approximate surface area is 93.3 Å². The van der Waals surface area contributed by atoms with Crippen molar-refractivity contribution in [2.45, 2.75) is 25.0 Å². The SMILES string of the molecule is OCC1CCC(c2nc3ccccc3[nH]2)O1. The summed E-state index contributed by atoms with van der Waals surface area (Å²) < 4.78 is 5.68. The van der Waals surface area contributed by atoms with Crippen LogP contribution in [0.5, 0.6) is 0 Å². The van der Waals surface area contributed by atoms with Gasteiger partial charge in [-0.2, -0.15) is 0 Å². The molecule has 1 fully saturated rings. The number of rotatable bonds is 2. The van der Waals surface area contributed by atoms with Crippen molar-refractivity contribution < 1.29 is 9.84 Å². The first-order chi connectivity index (χ1) is 7.86. The normalized spacial score (nSPS) is 25.3. The predicted octanol–water partition coefficient (Wildman–Crippen LogP) is 1.78. The maximum Gasteiger partial charge on any atom is 0.136 e. The molecule has 0 saturated carbocycles. The number of nitrogens with zero attached hydrogens (tertiary/aromatic N) is 1. The molecule has 2 heterocycles. The van der Waals surface area contributed by atoms with Crippen molar-refractivity contribution in [3.8, 4) is 0 Å². The molecule has 0 bridgehead atoms. The van der Waals surface area contributed by atoms with Crippen molar-refractivity contribution >= 4 is 11.0 Å². The van der Waals surface area contributed by atoms with Crippen LogP contribution >= 0.6 is 0 Å². The van der Waals surface area contributed by atoms with E-state index in [9.17, 15) is 0 Å². The van der Waals surface area contributed by atoms with E-state index in [4.69, 9.17) is 9.84 Å². The Kier molecular flexibility index (Phi) is 2.38. The zero-order chi connectivity index (χ0) is 11.0. The number of hydrogen-bond acceptors (Lipinski definition) is 3. The molecular weight excluding hydrogens is 204 g/mol. The summed E-state index contributed by atoms with van der Waals surface area (Å²) in [7, 11) is 0. The molecule has 2 atom stereocenters. The van der Waals surface area contributed by atoms with E-state index < -0.39 is 0 Å². The molecule has 4 heteroatoms. The van der Waals surface area contributed by atoms with E-state index in [0.29, 0.717) is 0 Å². The maximum absolute atomic E-state index is 9.01. The van der Waals surface area contributed by atoms with Crippen LogP contribution in [-0.4, -0.2) is 27.8 Å². The largest absolute Gasteiger partial charge is 0.394 e. The summed E-state index contributed by atoms with van der Waals surface area (Å²) in [6, 6.07) is 7.94. The highest BCUT2D eigenvalue weighted by Gasteiger charge is 2.27. The number of fused-ring (bicyclic) bond motifs is 1. The molecule has 0 amide bonds. The molecule has 1 aliphatic heterocycles. The van der Waals surface area contributed by atoms with Crippen LogP contribution in [0.2, 0.25) is 0 Å². The molecule has 0 aliphatic carbocycles. The number of benzene rings is 1. The minimum absolute atomic E-state index is 0.00421. The molecule has 2 unspecified atom stereocenters. The van der Waals surface area contributed by atoms with E-state index in [1.165, 1.54) is 0 Å². The van der Waals surface area contributed by atoms with Crippen molar-refractivity contribution in [1.82, 2.24) is 9.97 Å². The van der Waals surface area contributed by atoms with E-state index in [2.05, 4.69) is 9.97 Å². The average molecular weight is 218 g/mol. The fraction of sp³-hybridized carbons (Fsp3) is 0.417. The van der Waals surface area contributed by atoms with Gasteiger partial charge in [0.25, 0.3) is 0 Å². The van der Waals surface area contributed by atoms with Gasteiger partial charge in [-0.15, -0.1) is 0 Å². The summed E-state index contributed by atoms with van der Waals surface area (Å²) in [4.78, 5) is 7.77. The van der Waals surface area contributed by atoms with Crippen LogP contribution in [0.25, 0.3) is 11.0 Å². The molecule has 84 valence electrons. The Bertz CT molecular complexity index is 461. The van der Waals surface area contributed by atoms with Crippen molar-refractivity contribution in [2.24, 2.45) is 0 Å². The highest BCUT2D eigenvalue weighted by Crippen LogP contribution is 2.31. The first kappa shape index (κ1) is 9.81. The molecule has 2 N–H and O–H groups in total. The predicted molar refractivity (Wildman–Crippen MR) is 60.0 cm³/mol. The van der Waals surface area contributed by atoms with Crippen molar-refractivity contribution in [3.05, 3.63) is 30.1 Å². The van der Waals surface area contributed by atoms with Gasteiger partial charge in [0.1, 0.15) is 11.9 Å². The molecule has 3 rings (SSSR count). The number of aliphatic hydroxyl groups excluding tert-OH is 1. The van der Waals surface area contributed by atoms with Crippen LogP contribution in [0.15, 0.2) is 24.3 Å². The summed E-state index contributed by atoms with van der Waals surface area (Å²) in [5.41, 5.74) is 2.00. The number of ether oxygens (including phenoxy) is 1. The number of H-pyrrole nitrogens is 1. The van der Waals surface area contributed by atoms with E-state index in [0.717, 1.165) is 29.7 Å². The first-order valence-corrected chi connectivity index (χ1v) is 5.58. The van der Waals surface area contributed by atoms with Gasteiger partial charge in [-0.1, -0.05) is 12.1 Å². The second-order valence-corrected chi connectivity index (χ2v) is 4.15. The number of aromatic amines is 1. The van der Waals surface area contributed by atoms with E-state index >= 15 is 0 Å². The summed E-state index contributed by atoms with van der Waals surface area (Å²) in [6.45, 7) is 0.0940. The lowest BCUT2D eigenvalue weighted by Crippen LogP contribution is -2.11. The highest BCUT2D eigenvalue weighted by atomic mass is 16.5. The Morgan fingerprint density at radius 2 is 2.25 bits per heavy atom. The van der Waals surface area contributed by atoms with Gasteiger partial charge in [0, 0.05) is 0 Å². The zero-order valence-electron chi connectivity index (χ0n) is 8.89. The topological polar surface area (TPSA) is 58.1 Å². The lowest BCUT2D eigenvalue weighted by atomic mass is 10.2. The minimum Gasteiger partial charge on any atom is -0.394 e. The maximum atomic E-state index is 9.01. The third-order valence-corrected chi connectivity index (χ3v) is 3.02. The lowest BCUT2D eigenvalue weighted by Gasteiger charge is -2.08. The summed E-state index contributed by atoms with van der Waals surface area (Å²) in [6.07, 6.45) is 1.80. The Morgan fingerprint density at radius 3 is 3.00 bits per heavy atom. The standard InChI is InChI=1S/C12H14N2O2/c15-7-8-5-6-11(16-8)12-13-9-3-1-2-4-10(9)14-12/h1-4,8,11,15H,5-7H2,(H,13,14). The quantitative estimate of drug-likeness (QED) is 0.807. The van der Waals surface area contributed by atoms with Crippen LogP contribution in [-0.2, 0) is 4.74 Å². The third kappa shape index (κ3) is 1.60. The van der Waals surface area contributed by atoms with E-state index in [1.54, 1.807) is 0 Å². The van der Waals surface area contributed by atoms with Crippen molar-refractivity contribution in [1.29, 1.82) is 0 Å². The van der Waals surface area contributed by atoms with Gasteiger partial charge in [-0.3, -0.25) is 0 Å². The van der Waals surface area contributed by atoms with Gasteiger partial charge in [0.2, 0.25) is 0 Å². The van der Waals surface area contributed by atoms with Gasteiger partial charge >= 0.3 is 0 Å². The minimum atomic E-state index is -0.0294. The molecule has 0 radical (unpaired) electrons. The smallest absolute Gasteiger partial charge is 0.136 e. The van der Waals surface area contributed by atoms with Crippen LogP contribution in [0, 0.1) is 0 Å². The Hall–Kier alpha value is -1.39. The van der Waals surface area contributed by atoms with Crippen molar-refractivity contribution in [2.75, 3.05) is 6.61 Å². The summed E-state index contributed by atoms with van der Waals surface area (Å²) in [5, 5.41) is 9.01. The summed E-state index contributed by atoms with van der Waals surface area (Å²) in [5.74, 6) is 0.872. The average Bonchev–Trinajstić information content (AvgIpc) is 2.95. The number of hydrogen-bond donors (Lipinski definition) is 2. The Balaban J connectivity index is 1.89. The molecule has 0 spiro atoms. The molecule has 16 heavy (non-hydrogen) atoms. The lowest BCUT2D eigenvalue weighted by molar-refractivity contribution is 0.00779. The first-order valence-electron chi connectivity index (χ1n) is 5.58.